The van der Waals surface area contributed by atoms with Gasteiger partial charge in [0.2, 0.25) is 5.91 Å². The molecule has 9 nitrogen and oxygen atoms in total. The maximum Gasteiger partial charge on any atom is 0.409 e. The van der Waals surface area contributed by atoms with Crippen molar-refractivity contribution < 1.29 is 18.8 Å². The van der Waals surface area contributed by atoms with Gasteiger partial charge in [0.1, 0.15) is 11.9 Å². The Bertz CT molecular complexity index is 742. The highest BCUT2D eigenvalue weighted by Crippen LogP contribution is 2.36. The minimum atomic E-state index is -0.289. The van der Waals surface area contributed by atoms with E-state index in [0.29, 0.717) is 18.1 Å². The van der Waals surface area contributed by atoms with Crippen molar-refractivity contribution in [2.24, 2.45) is 0 Å². The summed E-state index contributed by atoms with van der Waals surface area (Å²) in [5.41, 5.74) is 0.933. The fourth-order valence-electron chi connectivity index (χ4n) is 2.98. The molecule has 0 saturated heterocycles. The Morgan fingerprint density at radius 2 is 2.31 bits per heavy atom. The van der Waals surface area contributed by atoms with Crippen LogP contribution in [0, 0.1) is 0 Å². The molecule has 0 aromatic carbocycles. The molecule has 2 aromatic rings. The molecular formula is C17H23N5O4. The lowest BCUT2D eigenvalue weighted by atomic mass is 10.0. The molecule has 2 unspecified atom stereocenters. The van der Waals surface area contributed by atoms with E-state index in [2.05, 4.69) is 20.7 Å². The normalized spacial score (nSPS) is 19.3. The molecule has 9 heteroatoms. The minimum absolute atomic E-state index is 0.0886. The summed E-state index contributed by atoms with van der Waals surface area (Å²) in [5.74, 6) is 0.972. The third-order valence-electron chi connectivity index (χ3n) is 4.57. The third kappa shape index (κ3) is 4.41. The maximum atomic E-state index is 12.0. The van der Waals surface area contributed by atoms with Gasteiger partial charge in [-0.1, -0.05) is 5.16 Å². The zero-order chi connectivity index (χ0) is 18.5. The molecule has 2 N–H and O–H groups in total. The Labute approximate surface area is 151 Å². The lowest BCUT2D eigenvalue weighted by Crippen LogP contribution is -2.30. The molecule has 140 valence electrons. The lowest BCUT2D eigenvalue weighted by Gasteiger charge is -2.18. The van der Waals surface area contributed by atoms with Gasteiger partial charge in [-0.3, -0.25) is 9.89 Å². The molecule has 1 fully saturated rings. The van der Waals surface area contributed by atoms with Crippen molar-refractivity contribution in [1.29, 1.82) is 0 Å². The fraction of sp³-hybridized carbons (Fsp3) is 0.529. The summed E-state index contributed by atoms with van der Waals surface area (Å²) in [7, 11) is 1.72. The van der Waals surface area contributed by atoms with Gasteiger partial charge in [-0.05, 0) is 26.2 Å². The van der Waals surface area contributed by atoms with Crippen LogP contribution in [0.25, 0.3) is 0 Å². The van der Waals surface area contributed by atoms with Gasteiger partial charge in [-0.2, -0.15) is 5.10 Å². The Morgan fingerprint density at radius 1 is 1.46 bits per heavy atom. The Hall–Kier alpha value is -2.84. The van der Waals surface area contributed by atoms with E-state index in [1.165, 1.54) is 6.20 Å². The van der Waals surface area contributed by atoms with Crippen molar-refractivity contribution in [1.82, 2.24) is 20.3 Å². The summed E-state index contributed by atoms with van der Waals surface area (Å²) in [4.78, 5) is 25.4. The van der Waals surface area contributed by atoms with E-state index < -0.39 is 0 Å². The van der Waals surface area contributed by atoms with Crippen LogP contribution in [0.2, 0.25) is 0 Å². The number of aromatic nitrogens is 3. The zero-order valence-electron chi connectivity index (χ0n) is 14.9. The van der Waals surface area contributed by atoms with E-state index in [1.54, 1.807) is 18.0 Å². The molecule has 1 aliphatic rings. The summed E-state index contributed by atoms with van der Waals surface area (Å²) in [6, 6.07) is 3.47. The number of aromatic amines is 1. The van der Waals surface area contributed by atoms with Crippen molar-refractivity contribution in [3.05, 3.63) is 29.8 Å². The maximum absolute atomic E-state index is 12.0. The van der Waals surface area contributed by atoms with Crippen molar-refractivity contribution >= 4 is 17.8 Å². The molecule has 0 bridgehead atoms. The largest absolute Gasteiger partial charge is 0.446 e. The van der Waals surface area contributed by atoms with Crippen LogP contribution in [0.3, 0.4) is 0 Å². The number of nitrogens with zero attached hydrogens (tertiary/aromatic N) is 3. The fourth-order valence-corrected chi connectivity index (χ4v) is 2.98. The van der Waals surface area contributed by atoms with Crippen molar-refractivity contribution in [2.75, 3.05) is 18.9 Å². The van der Waals surface area contributed by atoms with E-state index in [9.17, 15) is 9.59 Å². The highest BCUT2D eigenvalue weighted by molar-refractivity contribution is 5.91. The van der Waals surface area contributed by atoms with Crippen molar-refractivity contribution in [2.45, 2.75) is 44.6 Å². The summed E-state index contributed by atoms with van der Waals surface area (Å²) in [6.07, 6.45) is 3.70. The highest BCUT2D eigenvalue weighted by atomic mass is 16.6. The Balaban J connectivity index is 1.50. The average molecular weight is 361 g/mol. The second-order valence-electron chi connectivity index (χ2n) is 6.44. The summed E-state index contributed by atoms with van der Waals surface area (Å²) < 4.78 is 10.4. The number of hydrogen-bond acceptors (Lipinski definition) is 6. The first kappa shape index (κ1) is 18.0. The molecule has 2 heterocycles. The van der Waals surface area contributed by atoms with Gasteiger partial charge in [0.05, 0.1) is 12.6 Å². The molecule has 1 aliphatic carbocycles. The number of rotatable bonds is 6. The van der Waals surface area contributed by atoms with E-state index in [0.717, 1.165) is 25.0 Å². The van der Waals surface area contributed by atoms with E-state index in [4.69, 9.17) is 9.26 Å². The van der Waals surface area contributed by atoms with E-state index >= 15 is 0 Å². The number of amides is 2. The van der Waals surface area contributed by atoms with Gasteiger partial charge in [0.15, 0.2) is 5.82 Å². The van der Waals surface area contributed by atoms with Gasteiger partial charge < -0.3 is 19.5 Å². The summed E-state index contributed by atoms with van der Waals surface area (Å²) in [5, 5.41) is 13.4. The molecule has 26 heavy (non-hydrogen) atoms. The quantitative estimate of drug-likeness (QED) is 0.816. The topological polar surface area (TPSA) is 113 Å². The predicted molar refractivity (Wildman–Crippen MR) is 92.6 cm³/mol. The Morgan fingerprint density at radius 3 is 3.04 bits per heavy atom. The molecule has 0 radical (unpaired) electrons. The number of carbonyl (C=O) groups excluding carboxylic acids is 2. The first-order valence-corrected chi connectivity index (χ1v) is 8.71. The van der Waals surface area contributed by atoms with Crippen LogP contribution >= 0.6 is 0 Å². The predicted octanol–water partition coefficient (Wildman–Crippen LogP) is 2.30. The van der Waals surface area contributed by atoms with Crippen LogP contribution in [0.15, 0.2) is 22.9 Å². The lowest BCUT2D eigenvalue weighted by molar-refractivity contribution is -0.115. The van der Waals surface area contributed by atoms with Crippen LogP contribution in [0.1, 0.15) is 43.6 Å². The molecule has 0 spiro atoms. The highest BCUT2D eigenvalue weighted by Gasteiger charge is 2.30. The SMILES string of the molecule is CCN(C)C(=O)OC1CCC(c2cc(NC(=O)Cc3ccno3)n[nH]2)C1. The van der Waals surface area contributed by atoms with Crippen molar-refractivity contribution in [3.8, 4) is 0 Å². The monoisotopic (exact) mass is 361 g/mol. The summed E-state index contributed by atoms with van der Waals surface area (Å²) in [6.45, 7) is 2.52. The number of anilines is 1. The molecule has 3 rings (SSSR count). The summed E-state index contributed by atoms with van der Waals surface area (Å²) >= 11 is 0. The number of nitrogens with one attached hydrogen (secondary N) is 2. The van der Waals surface area contributed by atoms with Crippen LogP contribution in [-0.2, 0) is 16.0 Å². The second-order valence-corrected chi connectivity index (χ2v) is 6.44. The zero-order valence-corrected chi connectivity index (χ0v) is 14.9. The molecule has 0 aliphatic heterocycles. The molecule has 1 saturated carbocycles. The Kier molecular flexibility index (Phi) is 5.55. The van der Waals surface area contributed by atoms with Crippen LogP contribution < -0.4 is 5.32 Å². The number of carbonyl (C=O) groups is 2. The first-order chi connectivity index (χ1) is 12.5. The molecule has 2 atom stereocenters. The molecule has 2 aromatic heterocycles. The van der Waals surface area contributed by atoms with Crippen molar-refractivity contribution in [3.63, 3.8) is 0 Å². The number of ether oxygens (including phenoxy) is 1. The second kappa shape index (κ2) is 8.03. The standard InChI is InChI=1S/C17H23N5O4/c1-3-22(2)17(24)25-12-5-4-11(8-12)14-10-15(21-20-14)19-16(23)9-13-6-7-18-26-13/h6-7,10-12H,3-5,8-9H2,1-2H3,(H2,19,20,21,23). The number of H-pyrrole nitrogens is 1. The van der Waals surface area contributed by atoms with Gasteiger partial charge in [0, 0.05) is 37.3 Å². The van der Waals surface area contributed by atoms with E-state index in [-0.39, 0.29) is 30.4 Å². The van der Waals surface area contributed by atoms with Gasteiger partial charge in [-0.25, -0.2) is 4.79 Å². The van der Waals surface area contributed by atoms with Gasteiger partial charge in [-0.15, -0.1) is 0 Å². The van der Waals surface area contributed by atoms with Gasteiger partial charge in [0.25, 0.3) is 0 Å². The molecular weight excluding hydrogens is 338 g/mol. The average Bonchev–Trinajstić information content (AvgIpc) is 3.35. The van der Waals surface area contributed by atoms with Crippen LogP contribution in [-0.4, -0.2) is 52.0 Å². The first-order valence-electron chi connectivity index (χ1n) is 8.71. The number of hydrogen-bond donors (Lipinski definition) is 2. The molecule has 2 amide bonds. The minimum Gasteiger partial charge on any atom is -0.446 e. The van der Waals surface area contributed by atoms with Crippen LogP contribution in [0.4, 0.5) is 10.6 Å². The van der Waals surface area contributed by atoms with Gasteiger partial charge >= 0.3 is 6.09 Å². The third-order valence-corrected chi connectivity index (χ3v) is 4.57. The smallest absolute Gasteiger partial charge is 0.409 e. The van der Waals surface area contributed by atoms with Crippen LogP contribution in [0.5, 0.6) is 0 Å². The van der Waals surface area contributed by atoms with E-state index in [1.807, 2.05) is 13.0 Å².